The van der Waals surface area contributed by atoms with Crippen molar-refractivity contribution in [2.75, 3.05) is 21.3 Å². The van der Waals surface area contributed by atoms with Crippen LogP contribution in [0.1, 0.15) is 5.56 Å². The molecule has 0 saturated carbocycles. The third-order valence-corrected chi connectivity index (χ3v) is 2.88. The lowest BCUT2D eigenvalue weighted by atomic mass is 9.98. The summed E-state index contributed by atoms with van der Waals surface area (Å²) in [7, 11) is 3.65. The molecular weight excluding hydrogens is 282 g/mol. The first-order chi connectivity index (χ1) is 9.94. The van der Waals surface area contributed by atoms with Crippen molar-refractivity contribution in [3.05, 3.63) is 33.9 Å². The highest BCUT2D eigenvalue weighted by molar-refractivity contribution is 5.95. The Morgan fingerprint density at radius 2 is 1.76 bits per heavy atom. The van der Waals surface area contributed by atoms with E-state index in [0.29, 0.717) is 5.75 Å². The molecule has 0 fully saturated rings. The molecule has 0 atom stereocenters. The zero-order valence-electron chi connectivity index (χ0n) is 11.8. The van der Waals surface area contributed by atoms with E-state index < -0.39 is 22.8 Å². The minimum atomic E-state index is -1.27. The molecule has 0 unspecified atom stereocenters. The molecule has 0 saturated heterocycles. The van der Waals surface area contributed by atoms with E-state index in [4.69, 9.17) is 4.74 Å². The van der Waals surface area contributed by atoms with E-state index in [0.717, 1.165) is 14.2 Å². The quantitative estimate of drug-likeness (QED) is 0.335. The molecule has 1 rings (SSSR count). The summed E-state index contributed by atoms with van der Waals surface area (Å²) in [5.41, 5.74) is -0.0336. The van der Waals surface area contributed by atoms with Crippen molar-refractivity contribution in [3.63, 3.8) is 0 Å². The van der Waals surface area contributed by atoms with Gasteiger partial charge in [0.25, 0.3) is 5.69 Å². The van der Waals surface area contributed by atoms with E-state index in [9.17, 15) is 19.7 Å². The Balaban J connectivity index is 3.20. The predicted octanol–water partition coefficient (Wildman–Crippen LogP) is 1.11. The molecule has 8 nitrogen and oxygen atoms in total. The van der Waals surface area contributed by atoms with Crippen molar-refractivity contribution >= 4 is 17.6 Å². The fraction of sp³-hybridized carbons (Fsp3) is 0.385. The number of rotatable bonds is 6. The number of nitrogens with zero attached hydrogens (tertiary/aromatic N) is 1. The molecule has 0 N–H and O–H groups in total. The molecular formula is C13H15NO7. The van der Waals surface area contributed by atoms with Gasteiger partial charge in [-0.1, -0.05) is 0 Å². The zero-order chi connectivity index (χ0) is 16.0. The first-order valence-corrected chi connectivity index (χ1v) is 5.91. The molecule has 0 aliphatic carbocycles. The Bertz CT molecular complexity index is 539. The van der Waals surface area contributed by atoms with Crippen molar-refractivity contribution in [1.82, 2.24) is 0 Å². The van der Waals surface area contributed by atoms with Crippen molar-refractivity contribution < 1.29 is 28.7 Å². The summed E-state index contributed by atoms with van der Waals surface area (Å²) in [6, 6.07) is 4.07. The van der Waals surface area contributed by atoms with E-state index in [1.54, 1.807) is 0 Å². The van der Waals surface area contributed by atoms with E-state index in [-0.39, 0.29) is 17.7 Å². The van der Waals surface area contributed by atoms with E-state index in [1.165, 1.54) is 25.3 Å². The summed E-state index contributed by atoms with van der Waals surface area (Å²) in [5.74, 6) is -2.53. The molecule has 114 valence electrons. The molecule has 0 heterocycles. The lowest BCUT2D eigenvalue weighted by molar-refractivity contribution is -0.385. The highest BCUT2D eigenvalue weighted by Crippen LogP contribution is 2.27. The molecule has 0 radical (unpaired) electrons. The van der Waals surface area contributed by atoms with Gasteiger partial charge in [-0.05, 0) is 12.1 Å². The van der Waals surface area contributed by atoms with Gasteiger partial charge in [0.1, 0.15) is 5.75 Å². The number of hydrogen-bond donors (Lipinski definition) is 0. The SMILES string of the molecule is COC(=O)C(Cc1cc(OC)ccc1[N+](=O)[O-])C(=O)OC. The van der Waals surface area contributed by atoms with E-state index >= 15 is 0 Å². The summed E-state index contributed by atoms with van der Waals surface area (Å²) in [4.78, 5) is 33.7. The van der Waals surface area contributed by atoms with Gasteiger partial charge in [0.15, 0.2) is 5.92 Å². The number of carbonyl (C=O) groups excluding carboxylic acids is 2. The van der Waals surface area contributed by atoms with Crippen molar-refractivity contribution in [2.24, 2.45) is 5.92 Å². The third kappa shape index (κ3) is 3.91. The van der Waals surface area contributed by atoms with Crippen LogP contribution >= 0.6 is 0 Å². The highest BCUT2D eigenvalue weighted by Gasteiger charge is 2.31. The number of nitro benzene ring substituents is 1. The smallest absolute Gasteiger partial charge is 0.320 e. The minimum absolute atomic E-state index is 0.181. The molecule has 1 aromatic rings. The Hall–Kier alpha value is -2.64. The van der Waals surface area contributed by atoms with Crippen molar-refractivity contribution in [3.8, 4) is 5.75 Å². The topological polar surface area (TPSA) is 105 Å². The Kier molecular flexibility index (Phi) is 5.65. The maximum Gasteiger partial charge on any atom is 0.320 e. The van der Waals surface area contributed by atoms with Gasteiger partial charge in [-0.15, -0.1) is 0 Å². The fourth-order valence-corrected chi connectivity index (χ4v) is 1.80. The normalized spacial score (nSPS) is 10.1. The first-order valence-electron chi connectivity index (χ1n) is 5.91. The monoisotopic (exact) mass is 297 g/mol. The van der Waals surface area contributed by atoms with Crippen LogP contribution in [-0.4, -0.2) is 38.2 Å². The van der Waals surface area contributed by atoms with Crippen LogP contribution in [-0.2, 0) is 25.5 Å². The second kappa shape index (κ2) is 7.22. The number of benzene rings is 1. The summed E-state index contributed by atoms with van der Waals surface area (Å²) >= 11 is 0. The number of nitro groups is 1. The zero-order valence-corrected chi connectivity index (χ0v) is 11.8. The lowest BCUT2D eigenvalue weighted by Crippen LogP contribution is -2.28. The van der Waals surface area contributed by atoms with Crippen LogP contribution in [0.3, 0.4) is 0 Å². The second-order valence-corrected chi connectivity index (χ2v) is 4.05. The van der Waals surface area contributed by atoms with E-state index in [2.05, 4.69) is 9.47 Å². The summed E-state index contributed by atoms with van der Waals surface area (Å²) in [5, 5.41) is 11.0. The van der Waals surface area contributed by atoms with Crippen LogP contribution in [0.5, 0.6) is 5.75 Å². The molecule has 0 aliphatic rings. The predicted molar refractivity (Wildman–Crippen MR) is 70.9 cm³/mol. The van der Waals surface area contributed by atoms with Gasteiger partial charge >= 0.3 is 11.9 Å². The number of hydrogen-bond acceptors (Lipinski definition) is 7. The molecule has 21 heavy (non-hydrogen) atoms. The number of ether oxygens (including phenoxy) is 3. The van der Waals surface area contributed by atoms with Gasteiger partial charge in [0.05, 0.1) is 26.3 Å². The first kappa shape index (κ1) is 16.4. The molecule has 1 aromatic carbocycles. The summed E-state index contributed by atoms with van der Waals surface area (Å²) in [6.07, 6.45) is -0.215. The maximum absolute atomic E-state index is 11.6. The van der Waals surface area contributed by atoms with Crippen LogP contribution < -0.4 is 4.74 Å². The highest BCUT2D eigenvalue weighted by atomic mass is 16.6. The molecule has 0 spiro atoms. The summed E-state index contributed by atoms with van der Waals surface area (Å²) < 4.78 is 14.0. The van der Waals surface area contributed by atoms with Gasteiger partial charge in [-0.25, -0.2) is 0 Å². The molecule has 0 bridgehead atoms. The maximum atomic E-state index is 11.6. The van der Waals surface area contributed by atoms with Crippen LogP contribution in [0.15, 0.2) is 18.2 Å². The molecule has 0 aliphatic heterocycles. The number of methoxy groups -OCH3 is 3. The van der Waals surface area contributed by atoms with Gasteiger partial charge in [0.2, 0.25) is 0 Å². The van der Waals surface area contributed by atoms with Gasteiger partial charge < -0.3 is 14.2 Å². The minimum Gasteiger partial charge on any atom is -0.497 e. The third-order valence-electron chi connectivity index (χ3n) is 2.88. The standard InChI is InChI=1S/C13H15NO7/c1-19-9-4-5-11(14(17)18)8(6-9)7-10(12(15)20-2)13(16)21-3/h4-6,10H,7H2,1-3H3. The van der Waals surface area contributed by atoms with Gasteiger partial charge in [-0.2, -0.15) is 0 Å². The number of carbonyl (C=O) groups is 2. The molecule has 8 heteroatoms. The average Bonchev–Trinajstić information content (AvgIpc) is 2.50. The second-order valence-electron chi connectivity index (χ2n) is 4.05. The Labute approximate surface area is 120 Å². The van der Waals surface area contributed by atoms with Crippen LogP contribution in [0, 0.1) is 16.0 Å². The van der Waals surface area contributed by atoms with Gasteiger partial charge in [-0.3, -0.25) is 19.7 Å². The largest absolute Gasteiger partial charge is 0.497 e. The molecule has 0 aromatic heterocycles. The summed E-state index contributed by atoms with van der Waals surface area (Å²) in [6.45, 7) is 0. The lowest BCUT2D eigenvalue weighted by Gasteiger charge is -2.13. The Morgan fingerprint density at radius 1 is 1.19 bits per heavy atom. The Morgan fingerprint density at radius 3 is 2.19 bits per heavy atom. The van der Waals surface area contributed by atoms with Crippen LogP contribution in [0.25, 0.3) is 0 Å². The van der Waals surface area contributed by atoms with Crippen molar-refractivity contribution in [1.29, 1.82) is 0 Å². The van der Waals surface area contributed by atoms with Crippen LogP contribution in [0.4, 0.5) is 5.69 Å². The van der Waals surface area contributed by atoms with Crippen molar-refractivity contribution in [2.45, 2.75) is 6.42 Å². The fourth-order valence-electron chi connectivity index (χ4n) is 1.80. The number of esters is 2. The molecule has 0 amide bonds. The van der Waals surface area contributed by atoms with E-state index in [1.807, 2.05) is 0 Å². The van der Waals surface area contributed by atoms with Crippen LogP contribution in [0.2, 0.25) is 0 Å². The average molecular weight is 297 g/mol. The van der Waals surface area contributed by atoms with Gasteiger partial charge in [0, 0.05) is 18.1 Å².